The van der Waals surface area contributed by atoms with Crippen LogP contribution in [0, 0.1) is 19.3 Å². The minimum atomic E-state index is -4.18. The van der Waals surface area contributed by atoms with Crippen LogP contribution in [0.3, 0.4) is 0 Å². The number of anilines is 2. The predicted octanol–water partition coefficient (Wildman–Crippen LogP) is 6.96. The average molecular weight is 698 g/mol. The van der Waals surface area contributed by atoms with Crippen molar-refractivity contribution in [1.29, 1.82) is 0 Å². The molecule has 50 heavy (non-hydrogen) atoms. The summed E-state index contributed by atoms with van der Waals surface area (Å²) in [4.78, 5) is 37.2. The van der Waals surface area contributed by atoms with E-state index in [-0.39, 0.29) is 46.8 Å². The molecule has 2 aliphatic heterocycles. The third-order valence-electron chi connectivity index (χ3n) is 9.63. The van der Waals surface area contributed by atoms with Crippen molar-refractivity contribution in [3.05, 3.63) is 83.3 Å². The van der Waals surface area contributed by atoms with Crippen molar-refractivity contribution in [1.82, 2.24) is 24.8 Å². The topological polar surface area (TPSA) is 131 Å². The predicted molar refractivity (Wildman–Crippen MR) is 195 cm³/mol. The number of rotatable bonds is 6. The second kappa shape index (κ2) is 14.0. The van der Waals surface area contributed by atoms with Crippen LogP contribution >= 0.6 is 0 Å². The van der Waals surface area contributed by atoms with E-state index in [1.54, 1.807) is 35.5 Å². The standard InChI is InChI=1S/C38H47N7O4S/c1-24-10-8-11-25(2)35(24)32-19-34-42-37(41-32)43-50(47,48)31-13-9-12-28(18-31)36(46)44(30(23-49-34)16-17-38(5,6)7)22-29-20-39-21-33(40-29)45-26(3)14-15-27(45)4/h8-13,18-21,26-27,30H,14-17,22-23H2,1-7H3,(H,41,42,43)/t26-,27-,30-/m1/s1. The number of fused-ring (bicyclic) bond motifs is 4. The maximum atomic E-state index is 14.6. The molecule has 0 spiro atoms. The van der Waals surface area contributed by atoms with Crippen LogP contribution in [-0.2, 0) is 16.6 Å². The Morgan fingerprint density at radius 1 is 0.940 bits per heavy atom. The van der Waals surface area contributed by atoms with Gasteiger partial charge in [0.15, 0.2) is 0 Å². The second-order valence-corrected chi connectivity index (χ2v) is 16.5. The highest BCUT2D eigenvalue weighted by atomic mass is 32.2. The van der Waals surface area contributed by atoms with Crippen molar-refractivity contribution in [2.75, 3.05) is 16.2 Å². The number of nitrogens with one attached hydrogen (secondary N) is 1. The van der Waals surface area contributed by atoms with E-state index in [0.29, 0.717) is 29.9 Å². The van der Waals surface area contributed by atoms with Crippen molar-refractivity contribution >= 4 is 27.7 Å². The second-order valence-electron chi connectivity index (χ2n) is 14.9. The normalized spacial score (nSPS) is 20.7. The van der Waals surface area contributed by atoms with E-state index in [4.69, 9.17) is 9.72 Å². The fraction of sp³-hybridized carbons (Fsp3) is 0.447. The van der Waals surface area contributed by atoms with E-state index < -0.39 is 16.1 Å². The van der Waals surface area contributed by atoms with Crippen molar-refractivity contribution < 1.29 is 17.9 Å². The molecule has 1 fully saturated rings. The minimum Gasteiger partial charge on any atom is -0.475 e. The molecule has 1 N–H and O–H groups in total. The van der Waals surface area contributed by atoms with E-state index >= 15 is 0 Å². The van der Waals surface area contributed by atoms with Gasteiger partial charge in [-0.15, -0.1) is 0 Å². The number of carbonyl (C=O) groups is 1. The minimum absolute atomic E-state index is 0.0207. The Bertz CT molecular complexity index is 1970. The van der Waals surface area contributed by atoms with Gasteiger partial charge in [0.2, 0.25) is 11.8 Å². The van der Waals surface area contributed by atoms with Crippen LogP contribution < -0.4 is 14.4 Å². The lowest BCUT2D eigenvalue weighted by Gasteiger charge is -2.34. The molecule has 0 unspecified atom stereocenters. The van der Waals surface area contributed by atoms with Crippen molar-refractivity contribution in [3.63, 3.8) is 0 Å². The SMILES string of the molecule is Cc1cccc(C)c1-c1cc2nc(n1)NS(=O)(=O)c1cccc(c1)C(=O)N(Cc1cncc(N3[C@H](C)CC[C@H]3C)n1)[C@H](CCC(C)(C)C)CO2. The highest BCUT2D eigenvalue weighted by Crippen LogP contribution is 2.32. The number of benzene rings is 2. The van der Waals surface area contributed by atoms with Crippen LogP contribution in [0.2, 0.25) is 0 Å². The van der Waals surface area contributed by atoms with Crippen molar-refractivity contribution in [3.8, 4) is 17.1 Å². The number of carbonyl (C=O) groups excluding carboxylic acids is 1. The van der Waals surface area contributed by atoms with Gasteiger partial charge in [-0.1, -0.05) is 45.0 Å². The molecule has 2 aromatic carbocycles. The highest BCUT2D eigenvalue weighted by molar-refractivity contribution is 7.92. The zero-order chi connectivity index (χ0) is 35.8. The largest absolute Gasteiger partial charge is 0.475 e. The van der Waals surface area contributed by atoms with Gasteiger partial charge in [0.25, 0.3) is 15.9 Å². The summed E-state index contributed by atoms with van der Waals surface area (Å²) in [6.07, 6.45) is 7.06. The van der Waals surface area contributed by atoms with Gasteiger partial charge in [-0.05, 0) is 88.1 Å². The molecule has 2 aromatic heterocycles. The summed E-state index contributed by atoms with van der Waals surface area (Å²) in [6.45, 7) is 15.1. The first-order valence-corrected chi connectivity index (χ1v) is 18.8. The van der Waals surface area contributed by atoms with Crippen LogP contribution in [0.25, 0.3) is 11.3 Å². The summed E-state index contributed by atoms with van der Waals surface area (Å²) in [5, 5.41) is 0. The van der Waals surface area contributed by atoms with Crippen LogP contribution in [0.4, 0.5) is 11.8 Å². The number of aromatic nitrogens is 4. The van der Waals surface area contributed by atoms with E-state index in [9.17, 15) is 13.2 Å². The Kier molecular flexibility index (Phi) is 9.85. The molecule has 0 saturated carbocycles. The number of hydrogen-bond donors (Lipinski definition) is 1. The van der Waals surface area contributed by atoms with E-state index in [1.807, 2.05) is 32.0 Å². The number of nitrogens with zero attached hydrogens (tertiary/aromatic N) is 6. The van der Waals surface area contributed by atoms with Gasteiger partial charge in [0.1, 0.15) is 12.4 Å². The monoisotopic (exact) mass is 697 g/mol. The molecular weight excluding hydrogens is 651 g/mol. The molecule has 4 bridgehead atoms. The molecule has 11 nitrogen and oxygen atoms in total. The molecule has 4 heterocycles. The summed E-state index contributed by atoms with van der Waals surface area (Å²) in [6, 6.07) is 14.0. The maximum Gasteiger partial charge on any atom is 0.264 e. The van der Waals surface area contributed by atoms with Gasteiger partial charge in [-0.3, -0.25) is 9.78 Å². The molecule has 0 radical (unpaired) electrons. The van der Waals surface area contributed by atoms with Gasteiger partial charge in [-0.25, -0.2) is 23.1 Å². The van der Waals surface area contributed by atoms with Crippen LogP contribution in [0.1, 0.15) is 87.5 Å². The lowest BCUT2D eigenvalue weighted by Crippen LogP contribution is -2.44. The first kappa shape index (κ1) is 35.3. The third kappa shape index (κ3) is 7.75. The quantitative estimate of drug-likeness (QED) is 0.227. The van der Waals surface area contributed by atoms with Crippen LogP contribution in [-0.4, -0.2) is 63.9 Å². The molecule has 6 rings (SSSR count). The summed E-state index contributed by atoms with van der Waals surface area (Å²) in [5.74, 6) is 0.547. The molecule has 4 aromatic rings. The Morgan fingerprint density at radius 2 is 1.64 bits per heavy atom. The Balaban J connectivity index is 1.46. The summed E-state index contributed by atoms with van der Waals surface area (Å²) in [5.41, 5.74) is 4.22. The zero-order valence-corrected chi connectivity index (χ0v) is 30.8. The fourth-order valence-electron chi connectivity index (χ4n) is 6.93. The lowest BCUT2D eigenvalue weighted by atomic mass is 9.88. The Hall–Kier alpha value is -4.58. The van der Waals surface area contributed by atoms with E-state index in [0.717, 1.165) is 41.8 Å². The molecular formula is C38H47N7O4S. The summed E-state index contributed by atoms with van der Waals surface area (Å²) in [7, 11) is -4.18. The lowest BCUT2D eigenvalue weighted by molar-refractivity contribution is 0.0549. The first-order valence-electron chi connectivity index (χ1n) is 17.3. The summed E-state index contributed by atoms with van der Waals surface area (Å²) < 4.78 is 36.5. The molecule has 1 amide bonds. The van der Waals surface area contributed by atoms with Gasteiger partial charge in [-0.2, -0.15) is 4.98 Å². The zero-order valence-electron chi connectivity index (χ0n) is 30.0. The van der Waals surface area contributed by atoms with Crippen molar-refractivity contribution in [2.45, 2.75) is 104 Å². The molecule has 264 valence electrons. The van der Waals surface area contributed by atoms with Crippen LogP contribution in [0.15, 0.2) is 65.8 Å². The van der Waals surface area contributed by atoms with Gasteiger partial charge >= 0.3 is 0 Å². The van der Waals surface area contributed by atoms with E-state index in [1.165, 1.54) is 12.1 Å². The molecule has 0 aliphatic carbocycles. The Morgan fingerprint density at radius 3 is 2.34 bits per heavy atom. The van der Waals surface area contributed by atoms with Crippen LogP contribution in [0.5, 0.6) is 5.88 Å². The molecule has 12 heteroatoms. The number of ether oxygens (including phenoxy) is 1. The third-order valence-corrected chi connectivity index (χ3v) is 11.0. The van der Waals surface area contributed by atoms with Gasteiger partial charge < -0.3 is 14.5 Å². The maximum absolute atomic E-state index is 14.6. The summed E-state index contributed by atoms with van der Waals surface area (Å²) >= 11 is 0. The molecule has 1 saturated heterocycles. The number of aryl methyl sites for hydroxylation is 2. The average Bonchev–Trinajstić information content (AvgIpc) is 3.40. The molecule has 2 aliphatic rings. The first-order chi connectivity index (χ1) is 23.7. The Labute approximate surface area is 295 Å². The molecule has 3 atom stereocenters. The van der Waals surface area contributed by atoms with Gasteiger partial charge in [0.05, 0.1) is 41.3 Å². The number of amides is 1. The highest BCUT2D eigenvalue weighted by Gasteiger charge is 2.32. The van der Waals surface area contributed by atoms with Gasteiger partial charge in [0, 0.05) is 29.3 Å². The number of sulfonamides is 1. The van der Waals surface area contributed by atoms with E-state index in [2.05, 4.69) is 59.2 Å². The number of hydrogen-bond acceptors (Lipinski definition) is 9. The van der Waals surface area contributed by atoms with Crippen molar-refractivity contribution in [2.24, 2.45) is 5.41 Å². The fourth-order valence-corrected chi connectivity index (χ4v) is 7.92. The smallest absolute Gasteiger partial charge is 0.264 e.